The predicted octanol–water partition coefficient (Wildman–Crippen LogP) is 2.97. The molecule has 3 atom stereocenters. The standard InChI is InChI=1S/C14H18Cl2N2O2.ClH/c1-8(10-3-4-11(15)12(16)7-10)18-14(19)13-9(2)20-6-5-17-13;/h3-4,7-9,13,17H,5-6H2,1-2H3,(H,18,19);1H/t8?,9-,13+;/m1./s1. The quantitative estimate of drug-likeness (QED) is 0.878. The summed E-state index contributed by atoms with van der Waals surface area (Å²) in [6.07, 6.45) is -0.134. The Balaban J connectivity index is 0.00000220. The molecule has 0 spiro atoms. The van der Waals surface area contributed by atoms with Crippen LogP contribution in [0.15, 0.2) is 18.2 Å². The zero-order chi connectivity index (χ0) is 14.7. The number of carbonyl (C=O) groups is 1. The number of nitrogens with one attached hydrogen (secondary N) is 2. The Morgan fingerprint density at radius 1 is 1.43 bits per heavy atom. The van der Waals surface area contributed by atoms with Crippen LogP contribution in [-0.2, 0) is 9.53 Å². The van der Waals surface area contributed by atoms with Gasteiger partial charge in [-0.15, -0.1) is 12.4 Å². The van der Waals surface area contributed by atoms with Crippen LogP contribution >= 0.6 is 35.6 Å². The third-order valence-corrected chi connectivity index (χ3v) is 4.14. The molecule has 1 fully saturated rings. The Morgan fingerprint density at radius 3 is 2.76 bits per heavy atom. The van der Waals surface area contributed by atoms with E-state index in [1.54, 1.807) is 12.1 Å². The van der Waals surface area contributed by atoms with Crippen molar-refractivity contribution < 1.29 is 9.53 Å². The number of rotatable bonds is 3. The van der Waals surface area contributed by atoms with Gasteiger partial charge >= 0.3 is 0 Å². The molecule has 1 unspecified atom stereocenters. The number of halogens is 3. The van der Waals surface area contributed by atoms with Crippen molar-refractivity contribution in [1.29, 1.82) is 0 Å². The smallest absolute Gasteiger partial charge is 0.240 e. The molecule has 2 N–H and O–H groups in total. The summed E-state index contributed by atoms with van der Waals surface area (Å²) < 4.78 is 5.47. The van der Waals surface area contributed by atoms with Crippen LogP contribution in [0, 0.1) is 0 Å². The highest BCUT2D eigenvalue weighted by atomic mass is 35.5. The fourth-order valence-corrected chi connectivity index (χ4v) is 2.50. The second-order valence-corrected chi connectivity index (χ2v) is 5.73. The average Bonchev–Trinajstić information content (AvgIpc) is 2.42. The fraction of sp³-hybridized carbons (Fsp3) is 0.500. The van der Waals surface area contributed by atoms with Gasteiger partial charge in [-0.2, -0.15) is 0 Å². The monoisotopic (exact) mass is 352 g/mol. The number of hydrogen-bond donors (Lipinski definition) is 2. The third-order valence-electron chi connectivity index (χ3n) is 3.40. The predicted molar refractivity (Wildman–Crippen MR) is 87.5 cm³/mol. The Labute approximate surface area is 140 Å². The van der Waals surface area contributed by atoms with Gasteiger partial charge in [-0.25, -0.2) is 0 Å². The molecule has 1 saturated heterocycles. The summed E-state index contributed by atoms with van der Waals surface area (Å²) in [6, 6.07) is 4.88. The second-order valence-electron chi connectivity index (χ2n) is 4.91. The van der Waals surface area contributed by atoms with Crippen molar-refractivity contribution in [3.63, 3.8) is 0 Å². The van der Waals surface area contributed by atoms with E-state index in [-0.39, 0.29) is 36.5 Å². The lowest BCUT2D eigenvalue weighted by Gasteiger charge is -2.30. The molecule has 4 nitrogen and oxygen atoms in total. The highest BCUT2D eigenvalue weighted by Crippen LogP contribution is 2.25. The molecule has 0 aliphatic carbocycles. The summed E-state index contributed by atoms with van der Waals surface area (Å²) in [5, 5.41) is 7.11. The normalized spacial score (nSPS) is 23.0. The second kappa shape index (κ2) is 8.20. The molecule has 0 saturated carbocycles. The van der Waals surface area contributed by atoms with Crippen molar-refractivity contribution in [3.05, 3.63) is 33.8 Å². The van der Waals surface area contributed by atoms with E-state index in [2.05, 4.69) is 10.6 Å². The zero-order valence-electron chi connectivity index (χ0n) is 11.9. The van der Waals surface area contributed by atoms with Crippen molar-refractivity contribution >= 4 is 41.5 Å². The molecule has 7 heteroatoms. The zero-order valence-corrected chi connectivity index (χ0v) is 14.2. The molecular weight excluding hydrogens is 335 g/mol. The number of amides is 1. The van der Waals surface area contributed by atoms with Crippen molar-refractivity contribution in [2.45, 2.75) is 32.0 Å². The summed E-state index contributed by atoms with van der Waals surface area (Å²) >= 11 is 11.9. The lowest BCUT2D eigenvalue weighted by Crippen LogP contribution is -2.55. The minimum Gasteiger partial charge on any atom is -0.375 e. The lowest BCUT2D eigenvalue weighted by atomic mass is 10.1. The highest BCUT2D eigenvalue weighted by molar-refractivity contribution is 6.42. The maximum absolute atomic E-state index is 12.2. The van der Waals surface area contributed by atoms with Gasteiger partial charge in [0.05, 0.1) is 28.8 Å². The van der Waals surface area contributed by atoms with Crippen molar-refractivity contribution in [1.82, 2.24) is 10.6 Å². The first-order valence-corrected chi connectivity index (χ1v) is 7.35. The summed E-state index contributed by atoms with van der Waals surface area (Å²) in [4.78, 5) is 12.2. The van der Waals surface area contributed by atoms with E-state index >= 15 is 0 Å². The van der Waals surface area contributed by atoms with Gasteiger partial charge in [-0.3, -0.25) is 4.79 Å². The van der Waals surface area contributed by atoms with Crippen LogP contribution in [0.3, 0.4) is 0 Å². The Kier molecular flexibility index (Phi) is 7.24. The Bertz CT molecular complexity index is 499. The number of ether oxygens (including phenoxy) is 1. The number of hydrogen-bond acceptors (Lipinski definition) is 3. The van der Waals surface area contributed by atoms with Gasteiger partial charge in [-0.05, 0) is 31.5 Å². The molecule has 1 aromatic rings. The van der Waals surface area contributed by atoms with E-state index in [0.717, 1.165) is 5.56 Å². The first-order chi connectivity index (χ1) is 9.49. The van der Waals surface area contributed by atoms with Crippen LogP contribution in [-0.4, -0.2) is 31.2 Å². The van der Waals surface area contributed by atoms with E-state index < -0.39 is 0 Å². The summed E-state index contributed by atoms with van der Waals surface area (Å²) in [5.74, 6) is -0.0734. The number of morpholine rings is 1. The highest BCUT2D eigenvalue weighted by Gasteiger charge is 2.29. The fourth-order valence-electron chi connectivity index (χ4n) is 2.20. The third kappa shape index (κ3) is 4.73. The molecule has 0 aromatic heterocycles. The molecule has 1 aromatic carbocycles. The molecule has 1 aliphatic heterocycles. The van der Waals surface area contributed by atoms with Crippen LogP contribution in [0.5, 0.6) is 0 Å². The first-order valence-electron chi connectivity index (χ1n) is 6.59. The lowest BCUT2D eigenvalue weighted by molar-refractivity contribution is -0.129. The van der Waals surface area contributed by atoms with E-state index in [1.807, 2.05) is 19.9 Å². The summed E-state index contributed by atoms with van der Waals surface area (Å²) in [6.45, 7) is 5.11. The minimum absolute atomic E-state index is 0. The van der Waals surface area contributed by atoms with E-state index in [9.17, 15) is 4.79 Å². The number of benzene rings is 1. The molecule has 0 radical (unpaired) electrons. The van der Waals surface area contributed by atoms with Crippen LogP contribution in [0.2, 0.25) is 10.0 Å². The van der Waals surface area contributed by atoms with E-state index in [1.165, 1.54) is 0 Å². The van der Waals surface area contributed by atoms with Crippen molar-refractivity contribution in [2.75, 3.05) is 13.2 Å². The van der Waals surface area contributed by atoms with Crippen molar-refractivity contribution in [3.8, 4) is 0 Å². The van der Waals surface area contributed by atoms with Crippen LogP contribution < -0.4 is 10.6 Å². The SMILES string of the molecule is CC(NC(=O)[C@H]1NCCO[C@@H]1C)c1ccc(Cl)c(Cl)c1.Cl. The Morgan fingerprint density at radius 2 is 2.14 bits per heavy atom. The van der Waals surface area contributed by atoms with Gasteiger partial charge < -0.3 is 15.4 Å². The average molecular weight is 354 g/mol. The van der Waals surface area contributed by atoms with Gasteiger partial charge in [-0.1, -0.05) is 29.3 Å². The molecule has 0 bridgehead atoms. The molecule has 1 amide bonds. The largest absolute Gasteiger partial charge is 0.375 e. The molecule has 21 heavy (non-hydrogen) atoms. The van der Waals surface area contributed by atoms with Crippen LogP contribution in [0.1, 0.15) is 25.5 Å². The van der Waals surface area contributed by atoms with Gasteiger partial charge in [0.2, 0.25) is 5.91 Å². The summed E-state index contributed by atoms with van der Waals surface area (Å²) in [7, 11) is 0. The van der Waals surface area contributed by atoms with Crippen LogP contribution in [0.4, 0.5) is 0 Å². The van der Waals surface area contributed by atoms with E-state index in [0.29, 0.717) is 23.2 Å². The van der Waals surface area contributed by atoms with Gasteiger partial charge in [0.25, 0.3) is 0 Å². The topological polar surface area (TPSA) is 50.4 Å². The Hall–Kier alpha value is -0.520. The summed E-state index contributed by atoms with van der Waals surface area (Å²) in [5.41, 5.74) is 0.914. The van der Waals surface area contributed by atoms with Crippen LogP contribution in [0.25, 0.3) is 0 Å². The van der Waals surface area contributed by atoms with Crippen molar-refractivity contribution in [2.24, 2.45) is 0 Å². The minimum atomic E-state index is -0.325. The maximum Gasteiger partial charge on any atom is 0.240 e. The van der Waals surface area contributed by atoms with E-state index in [4.69, 9.17) is 27.9 Å². The molecule has 118 valence electrons. The molecule has 2 rings (SSSR count). The molecule has 1 aliphatic rings. The first kappa shape index (κ1) is 18.5. The van der Waals surface area contributed by atoms with Gasteiger partial charge in [0, 0.05) is 6.54 Å². The molecular formula is C14H19Cl3N2O2. The molecule has 1 heterocycles. The maximum atomic E-state index is 12.2. The number of carbonyl (C=O) groups excluding carboxylic acids is 1. The van der Waals surface area contributed by atoms with Gasteiger partial charge in [0.1, 0.15) is 6.04 Å². The van der Waals surface area contributed by atoms with Gasteiger partial charge in [0.15, 0.2) is 0 Å².